The molecule has 15 nitrogen and oxygen atoms in total. The summed E-state index contributed by atoms with van der Waals surface area (Å²) in [6, 6.07) is -1.32. The zero-order valence-corrected chi connectivity index (χ0v) is 17.4. The Balaban J connectivity index is 4.11. The van der Waals surface area contributed by atoms with Crippen molar-refractivity contribution in [1.29, 1.82) is 0 Å². The maximum Gasteiger partial charge on any atom is 0.421 e. The SMILES string of the molecule is CNCCNC(=O)C(CC(=O)O)NC(=O)OCCOCCNS(=O)(=O)NC(=O)OC. The summed E-state index contributed by atoms with van der Waals surface area (Å²) in [7, 11) is -1.40. The van der Waals surface area contributed by atoms with E-state index in [-0.39, 0.29) is 32.9 Å². The molecule has 0 aliphatic heterocycles. The van der Waals surface area contributed by atoms with Gasteiger partial charge in [-0.15, -0.1) is 0 Å². The third-order valence-electron chi connectivity index (χ3n) is 3.06. The van der Waals surface area contributed by atoms with Gasteiger partial charge in [-0.3, -0.25) is 9.59 Å². The van der Waals surface area contributed by atoms with E-state index >= 15 is 0 Å². The number of methoxy groups -OCH3 is 1. The van der Waals surface area contributed by atoms with Crippen molar-refractivity contribution in [2.45, 2.75) is 12.5 Å². The average Bonchev–Trinajstić information content (AvgIpc) is 2.65. The van der Waals surface area contributed by atoms with Crippen LogP contribution in [0.3, 0.4) is 0 Å². The monoisotopic (exact) mass is 457 g/mol. The first-order valence-electron chi connectivity index (χ1n) is 8.61. The highest BCUT2D eigenvalue weighted by Gasteiger charge is 2.24. The maximum atomic E-state index is 11.9. The quantitative estimate of drug-likeness (QED) is 0.137. The maximum absolute atomic E-state index is 11.9. The molecule has 0 aromatic heterocycles. The van der Waals surface area contributed by atoms with E-state index in [0.29, 0.717) is 6.54 Å². The highest BCUT2D eigenvalue weighted by atomic mass is 32.2. The lowest BCUT2D eigenvalue weighted by Gasteiger charge is -2.16. The average molecular weight is 457 g/mol. The molecule has 0 saturated carbocycles. The topological polar surface area (TPSA) is 210 Å². The molecule has 0 bridgehead atoms. The van der Waals surface area contributed by atoms with Crippen LogP contribution >= 0.6 is 0 Å². The molecule has 0 aliphatic rings. The fourth-order valence-corrected chi connectivity index (χ4v) is 2.46. The van der Waals surface area contributed by atoms with E-state index in [1.807, 2.05) is 4.72 Å². The third kappa shape index (κ3) is 14.3. The standard InChI is InChI=1S/C14H27N5O10S/c1-15-3-4-16-12(22)10(9-11(20)21)18-13(23)29-8-7-28-6-5-17-30(25,26)19-14(24)27-2/h10,15,17H,3-9H2,1-2H3,(H,16,22)(H,18,23)(H,19,24)(H,20,21). The number of nitrogens with one attached hydrogen (secondary N) is 5. The lowest BCUT2D eigenvalue weighted by Crippen LogP contribution is -2.49. The largest absolute Gasteiger partial charge is 0.481 e. The van der Waals surface area contributed by atoms with Gasteiger partial charge < -0.3 is 35.3 Å². The summed E-state index contributed by atoms with van der Waals surface area (Å²) in [6.45, 7) is 0.101. The van der Waals surface area contributed by atoms with Crippen LogP contribution < -0.4 is 25.4 Å². The highest BCUT2D eigenvalue weighted by molar-refractivity contribution is 7.88. The Morgan fingerprint density at radius 3 is 2.30 bits per heavy atom. The molecule has 0 fully saturated rings. The summed E-state index contributed by atoms with van der Waals surface area (Å²) in [4.78, 5) is 45.3. The van der Waals surface area contributed by atoms with E-state index in [2.05, 4.69) is 20.7 Å². The Morgan fingerprint density at radius 2 is 1.70 bits per heavy atom. The second-order valence-corrected chi connectivity index (χ2v) is 6.93. The molecule has 0 radical (unpaired) electrons. The summed E-state index contributed by atoms with van der Waals surface area (Å²) in [5, 5.41) is 16.3. The summed E-state index contributed by atoms with van der Waals surface area (Å²) in [5.41, 5.74) is 0. The van der Waals surface area contributed by atoms with Gasteiger partial charge in [0.05, 0.1) is 26.7 Å². The number of rotatable bonds is 15. The molecule has 0 aliphatic carbocycles. The lowest BCUT2D eigenvalue weighted by atomic mass is 10.2. The molecular formula is C14H27N5O10S. The zero-order valence-electron chi connectivity index (χ0n) is 16.6. The van der Waals surface area contributed by atoms with Crippen molar-refractivity contribution in [3.05, 3.63) is 0 Å². The third-order valence-corrected chi connectivity index (χ3v) is 4.08. The van der Waals surface area contributed by atoms with Gasteiger partial charge in [-0.25, -0.2) is 14.3 Å². The van der Waals surface area contributed by atoms with Crippen molar-refractivity contribution in [3.8, 4) is 0 Å². The smallest absolute Gasteiger partial charge is 0.421 e. The van der Waals surface area contributed by atoms with Gasteiger partial charge in [0, 0.05) is 19.6 Å². The van der Waals surface area contributed by atoms with Crippen molar-refractivity contribution < 1.29 is 46.9 Å². The second-order valence-electron chi connectivity index (χ2n) is 5.43. The van der Waals surface area contributed by atoms with Gasteiger partial charge in [-0.2, -0.15) is 13.1 Å². The molecule has 0 aromatic rings. The zero-order chi connectivity index (χ0) is 23.0. The molecule has 1 unspecified atom stereocenters. The van der Waals surface area contributed by atoms with Gasteiger partial charge in [-0.1, -0.05) is 0 Å². The van der Waals surface area contributed by atoms with Crippen LogP contribution in [0.15, 0.2) is 0 Å². The van der Waals surface area contributed by atoms with E-state index < -0.39 is 46.7 Å². The number of carboxylic acid groups (broad SMARTS) is 1. The van der Waals surface area contributed by atoms with Crippen LogP contribution in [0.2, 0.25) is 0 Å². The van der Waals surface area contributed by atoms with E-state index in [9.17, 15) is 27.6 Å². The predicted octanol–water partition coefficient (Wildman–Crippen LogP) is -2.90. The Labute approximate surface area is 173 Å². The number of likely N-dealkylation sites (N-methyl/N-ethyl adjacent to an activating group) is 1. The molecule has 16 heteroatoms. The van der Waals surface area contributed by atoms with Crippen molar-refractivity contribution in [2.75, 3.05) is 53.6 Å². The molecule has 0 rings (SSSR count). The molecule has 6 N–H and O–H groups in total. The van der Waals surface area contributed by atoms with Crippen LogP contribution in [0, 0.1) is 0 Å². The minimum absolute atomic E-state index is 0.0947. The van der Waals surface area contributed by atoms with Crippen LogP contribution in [0.25, 0.3) is 0 Å². The number of carbonyl (C=O) groups excluding carboxylic acids is 3. The molecule has 3 amide bonds. The van der Waals surface area contributed by atoms with Crippen molar-refractivity contribution in [3.63, 3.8) is 0 Å². The molecule has 1 atom stereocenters. The molecule has 174 valence electrons. The predicted molar refractivity (Wildman–Crippen MR) is 101 cm³/mol. The molecule has 0 spiro atoms. The first-order chi connectivity index (χ1) is 14.1. The fourth-order valence-electron chi connectivity index (χ4n) is 1.73. The normalized spacial score (nSPS) is 11.8. The Morgan fingerprint density at radius 1 is 1.00 bits per heavy atom. The molecular weight excluding hydrogens is 430 g/mol. The number of carbonyl (C=O) groups is 4. The van der Waals surface area contributed by atoms with Crippen LogP contribution in [-0.4, -0.2) is 97.2 Å². The van der Waals surface area contributed by atoms with Crippen molar-refractivity contribution >= 4 is 34.3 Å². The van der Waals surface area contributed by atoms with Crippen LogP contribution in [0.1, 0.15) is 6.42 Å². The summed E-state index contributed by atoms with van der Waals surface area (Å²) < 4.78 is 40.3. The van der Waals surface area contributed by atoms with Crippen molar-refractivity contribution in [1.82, 2.24) is 25.4 Å². The number of aliphatic carboxylic acids is 1. The number of hydrogen-bond acceptors (Lipinski definition) is 10. The van der Waals surface area contributed by atoms with Crippen LogP contribution in [0.5, 0.6) is 0 Å². The van der Waals surface area contributed by atoms with Gasteiger partial charge in [0.15, 0.2) is 0 Å². The summed E-state index contributed by atoms with van der Waals surface area (Å²) in [6.07, 6.45) is -2.80. The molecule has 0 aromatic carbocycles. The van der Waals surface area contributed by atoms with Gasteiger partial charge >= 0.3 is 28.4 Å². The second kappa shape index (κ2) is 15.2. The lowest BCUT2D eigenvalue weighted by molar-refractivity contribution is -0.139. The minimum atomic E-state index is -4.08. The number of hydrogen-bond donors (Lipinski definition) is 6. The van der Waals surface area contributed by atoms with Gasteiger partial charge in [0.2, 0.25) is 5.91 Å². The van der Waals surface area contributed by atoms with E-state index in [4.69, 9.17) is 14.6 Å². The minimum Gasteiger partial charge on any atom is -0.481 e. The van der Waals surface area contributed by atoms with E-state index in [0.717, 1.165) is 7.11 Å². The molecule has 30 heavy (non-hydrogen) atoms. The molecule has 0 saturated heterocycles. The number of amides is 3. The highest BCUT2D eigenvalue weighted by Crippen LogP contribution is 1.95. The Bertz CT molecular complexity index is 672. The van der Waals surface area contributed by atoms with Gasteiger partial charge in [-0.05, 0) is 7.05 Å². The first-order valence-corrected chi connectivity index (χ1v) is 10.1. The number of alkyl carbamates (subject to hydrolysis) is 1. The molecule has 0 heterocycles. The Hall–Kier alpha value is -2.69. The number of ether oxygens (including phenoxy) is 3. The summed E-state index contributed by atoms with van der Waals surface area (Å²) in [5.74, 6) is -1.95. The van der Waals surface area contributed by atoms with Gasteiger partial charge in [0.25, 0.3) is 0 Å². The fraction of sp³-hybridized carbons (Fsp3) is 0.714. The van der Waals surface area contributed by atoms with Crippen LogP contribution in [-0.2, 0) is 34.0 Å². The summed E-state index contributed by atoms with van der Waals surface area (Å²) >= 11 is 0. The van der Waals surface area contributed by atoms with E-state index in [1.54, 1.807) is 11.8 Å². The van der Waals surface area contributed by atoms with E-state index in [1.165, 1.54) is 0 Å². The van der Waals surface area contributed by atoms with Crippen molar-refractivity contribution in [2.24, 2.45) is 0 Å². The van der Waals surface area contributed by atoms with Gasteiger partial charge in [0.1, 0.15) is 12.6 Å². The Kier molecular flexibility index (Phi) is 13.8. The first kappa shape index (κ1) is 27.3. The van der Waals surface area contributed by atoms with Crippen LogP contribution in [0.4, 0.5) is 9.59 Å². The number of carboxylic acids is 1.